The van der Waals surface area contributed by atoms with Gasteiger partial charge in [0.25, 0.3) is 0 Å². The fraction of sp³-hybridized carbons (Fsp3) is 0.385. The number of anilines is 1. The topological polar surface area (TPSA) is 85.8 Å². The molecule has 1 fully saturated rings. The third kappa shape index (κ3) is 5.69. The normalized spacial score (nSPS) is 14.1. The van der Waals surface area contributed by atoms with E-state index in [1.54, 1.807) is 6.07 Å². The molecule has 116 valence electrons. The highest BCUT2D eigenvalue weighted by atomic mass is 35.5. The van der Waals surface area contributed by atoms with E-state index in [2.05, 4.69) is 20.9 Å². The van der Waals surface area contributed by atoms with Crippen molar-refractivity contribution in [2.45, 2.75) is 12.8 Å². The van der Waals surface area contributed by atoms with E-state index < -0.39 is 0 Å². The van der Waals surface area contributed by atoms with Gasteiger partial charge in [-0.25, -0.2) is 4.79 Å². The monoisotopic (exact) mass is 332 g/mol. The molecule has 0 heterocycles. The maximum absolute atomic E-state index is 11.4. The van der Waals surface area contributed by atoms with E-state index >= 15 is 0 Å². The third-order valence-electron chi connectivity index (χ3n) is 2.87. The molecule has 0 aromatic heterocycles. The van der Waals surface area contributed by atoms with Crippen LogP contribution in [0.15, 0.2) is 23.2 Å². The van der Waals surface area contributed by atoms with Crippen LogP contribution in [-0.2, 0) is 0 Å². The second kappa shape index (κ2) is 7.95. The Bertz CT molecular complexity index is 533. The molecule has 0 saturated heterocycles. The summed E-state index contributed by atoms with van der Waals surface area (Å²) in [5, 5.41) is 17.7. The largest absolute Gasteiger partial charge is 0.508 e. The van der Waals surface area contributed by atoms with Crippen LogP contribution in [0.5, 0.6) is 5.75 Å². The molecule has 1 aromatic carbocycles. The van der Waals surface area contributed by atoms with Crippen molar-refractivity contribution in [3.63, 3.8) is 0 Å². The molecule has 1 aliphatic carbocycles. The molecule has 1 saturated carbocycles. The second-order valence-corrected chi connectivity index (χ2v) is 5.03. The van der Waals surface area contributed by atoms with Crippen LogP contribution in [0, 0.1) is 5.92 Å². The molecule has 4 N–H and O–H groups in total. The number of amides is 2. The van der Waals surface area contributed by atoms with Crippen LogP contribution in [0.1, 0.15) is 12.8 Å². The number of urea groups is 1. The number of phenols is 1. The zero-order chi connectivity index (χ0) is 14.5. The van der Waals surface area contributed by atoms with Crippen molar-refractivity contribution in [1.82, 2.24) is 10.6 Å². The highest BCUT2D eigenvalue weighted by Gasteiger charge is 2.21. The first-order valence-corrected chi connectivity index (χ1v) is 6.75. The number of hydrogen-bond donors (Lipinski definition) is 4. The van der Waals surface area contributed by atoms with E-state index in [0.29, 0.717) is 29.1 Å². The van der Waals surface area contributed by atoms with E-state index in [9.17, 15) is 9.90 Å². The molecule has 2 rings (SSSR count). The first-order valence-electron chi connectivity index (χ1n) is 6.37. The Labute approximate surface area is 134 Å². The summed E-state index contributed by atoms with van der Waals surface area (Å²) in [6.45, 7) is 0.669. The van der Waals surface area contributed by atoms with Gasteiger partial charge < -0.3 is 15.7 Å². The van der Waals surface area contributed by atoms with Crippen LogP contribution in [0.4, 0.5) is 10.5 Å². The fourth-order valence-electron chi connectivity index (χ4n) is 1.53. The molecular weight excluding hydrogens is 315 g/mol. The molecule has 0 radical (unpaired) electrons. The van der Waals surface area contributed by atoms with Gasteiger partial charge in [0.1, 0.15) is 5.75 Å². The van der Waals surface area contributed by atoms with Gasteiger partial charge in [0.2, 0.25) is 5.96 Å². The van der Waals surface area contributed by atoms with Gasteiger partial charge in [-0.1, -0.05) is 11.6 Å². The first kappa shape index (κ1) is 17.4. The molecule has 0 spiro atoms. The summed E-state index contributed by atoms with van der Waals surface area (Å²) in [6, 6.07) is 4.19. The van der Waals surface area contributed by atoms with Crippen LogP contribution in [0.3, 0.4) is 0 Å². The van der Waals surface area contributed by atoms with Crippen molar-refractivity contribution in [2.75, 3.05) is 18.9 Å². The number of hydrogen-bond acceptors (Lipinski definition) is 3. The summed E-state index contributed by atoms with van der Waals surface area (Å²) in [4.78, 5) is 15.7. The van der Waals surface area contributed by atoms with E-state index in [1.807, 2.05) is 0 Å². The lowest BCUT2D eigenvalue weighted by Gasteiger charge is -2.12. The van der Waals surface area contributed by atoms with Crippen LogP contribution in [0.2, 0.25) is 5.02 Å². The minimum absolute atomic E-state index is 0. The van der Waals surface area contributed by atoms with Gasteiger partial charge in [-0.2, -0.15) is 0 Å². The summed E-state index contributed by atoms with van der Waals surface area (Å²) in [5.41, 5.74) is 0.565. The molecule has 21 heavy (non-hydrogen) atoms. The van der Waals surface area contributed by atoms with Crippen LogP contribution in [0.25, 0.3) is 0 Å². The number of aromatic hydroxyl groups is 1. The average molecular weight is 333 g/mol. The zero-order valence-corrected chi connectivity index (χ0v) is 13.1. The van der Waals surface area contributed by atoms with Crippen molar-refractivity contribution < 1.29 is 9.90 Å². The van der Waals surface area contributed by atoms with Gasteiger partial charge in [0, 0.05) is 19.7 Å². The number of rotatable bonds is 3. The number of halogens is 2. The lowest BCUT2D eigenvalue weighted by molar-refractivity contribution is 0.247. The number of guanidine groups is 1. The van der Waals surface area contributed by atoms with Crippen LogP contribution < -0.4 is 16.0 Å². The van der Waals surface area contributed by atoms with Crippen molar-refractivity contribution in [1.29, 1.82) is 0 Å². The molecule has 2 amide bonds. The highest BCUT2D eigenvalue weighted by molar-refractivity contribution is 6.34. The lowest BCUT2D eigenvalue weighted by atomic mass is 10.3. The summed E-state index contributed by atoms with van der Waals surface area (Å²) in [5.74, 6) is 1.02. The minimum Gasteiger partial charge on any atom is -0.508 e. The number of carbonyl (C=O) groups is 1. The Kier molecular flexibility index (Phi) is 6.58. The molecule has 6 nitrogen and oxygen atoms in total. The van der Waals surface area contributed by atoms with Crippen LogP contribution in [-0.4, -0.2) is 30.7 Å². The Morgan fingerprint density at radius 3 is 2.76 bits per heavy atom. The number of aliphatic imine (C=N–C) groups is 1. The number of nitrogens with zero attached hydrogens (tertiary/aromatic N) is 1. The molecule has 0 atom stereocenters. The van der Waals surface area contributed by atoms with Gasteiger partial charge in [-0.15, -0.1) is 12.4 Å². The van der Waals surface area contributed by atoms with Crippen LogP contribution >= 0.6 is 24.0 Å². The van der Waals surface area contributed by atoms with E-state index in [4.69, 9.17) is 11.6 Å². The van der Waals surface area contributed by atoms with Gasteiger partial charge >= 0.3 is 6.03 Å². The molecule has 8 heteroatoms. The number of benzene rings is 1. The smallest absolute Gasteiger partial charge is 0.321 e. The highest BCUT2D eigenvalue weighted by Crippen LogP contribution is 2.29. The Balaban J connectivity index is 0.00000220. The van der Waals surface area contributed by atoms with Gasteiger partial charge in [0.15, 0.2) is 0 Å². The summed E-state index contributed by atoms with van der Waals surface area (Å²) < 4.78 is 0. The predicted octanol–water partition coefficient (Wildman–Crippen LogP) is 2.57. The third-order valence-corrected chi connectivity index (χ3v) is 3.18. The fourth-order valence-corrected chi connectivity index (χ4v) is 1.76. The molecule has 0 unspecified atom stereocenters. The maximum Gasteiger partial charge on any atom is 0.321 e. The quantitative estimate of drug-likeness (QED) is 0.390. The Morgan fingerprint density at radius 1 is 1.48 bits per heavy atom. The maximum atomic E-state index is 11.4. The molecular formula is C13H18Cl2N4O2. The van der Waals surface area contributed by atoms with Crippen molar-refractivity contribution >= 4 is 41.7 Å². The number of carbonyl (C=O) groups excluding carboxylic acids is 1. The standard InChI is InChI=1S/C13H17ClN4O2.ClH/c1-15-13(20)18-12(16-7-8-2-3-8)17-11-5-4-9(19)6-10(11)14;/h4-6,8,19H,2-3,7H2,1H3,(H3,15,16,17,18,20);1H. The summed E-state index contributed by atoms with van der Waals surface area (Å²) in [6.07, 6.45) is 2.35. The summed E-state index contributed by atoms with van der Waals surface area (Å²) in [7, 11) is 1.53. The van der Waals surface area contributed by atoms with Crippen molar-refractivity contribution in [3.8, 4) is 5.75 Å². The number of phenolic OH excluding ortho intramolecular Hbond substituents is 1. The van der Waals surface area contributed by atoms with E-state index in [1.165, 1.54) is 32.0 Å². The number of nitrogens with one attached hydrogen (secondary N) is 3. The molecule has 1 aromatic rings. The Hall–Kier alpha value is -1.66. The zero-order valence-electron chi connectivity index (χ0n) is 11.5. The molecule has 0 aliphatic heterocycles. The van der Waals surface area contributed by atoms with E-state index in [-0.39, 0.29) is 24.2 Å². The lowest BCUT2D eigenvalue weighted by Crippen LogP contribution is -2.41. The minimum atomic E-state index is -0.359. The Morgan fingerprint density at radius 2 is 2.19 bits per heavy atom. The van der Waals surface area contributed by atoms with Crippen molar-refractivity contribution in [2.24, 2.45) is 10.9 Å². The molecule has 0 bridgehead atoms. The second-order valence-electron chi connectivity index (χ2n) is 4.63. The molecule has 1 aliphatic rings. The average Bonchev–Trinajstić information content (AvgIpc) is 3.23. The van der Waals surface area contributed by atoms with Gasteiger partial charge in [-0.05, 0) is 30.9 Å². The van der Waals surface area contributed by atoms with Gasteiger partial charge in [0.05, 0.1) is 10.7 Å². The SMILES string of the molecule is CNC(=O)NC(=NCC1CC1)Nc1ccc(O)cc1Cl.Cl. The van der Waals surface area contributed by atoms with Gasteiger partial charge in [-0.3, -0.25) is 10.3 Å². The van der Waals surface area contributed by atoms with E-state index in [0.717, 1.165) is 0 Å². The first-order chi connectivity index (χ1) is 9.58. The summed E-state index contributed by atoms with van der Waals surface area (Å²) >= 11 is 6.01. The predicted molar refractivity (Wildman–Crippen MR) is 86.6 cm³/mol. The van der Waals surface area contributed by atoms with Crippen molar-refractivity contribution in [3.05, 3.63) is 23.2 Å².